The second-order valence-electron chi connectivity index (χ2n) is 4.72. The summed E-state index contributed by atoms with van der Waals surface area (Å²) in [6, 6.07) is 7.14. The zero-order valence-corrected chi connectivity index (χ0v) is 10.6. The molecule has 4 heteroatoms. The van der Waals surface area contributed by atoms with Crippen LogP contribution in [0.15, 0.2) is 24.3 Å². The van der Waals surface area contributed by atoms with Gasteiger partial charge in [0.1, 0.15) is 12.4 Å². The van der Waals surface area contributed by atoms with Gasteiger partial charge in [-0.25, -0.2) is 4.79 Å². The van der Waals surface area contributed by atoms with Crippen LogP contribution in [0, 0.1) is 0 Å². The molecule has 0 spiro atoms. The predicted molar refractivity (Wildman–Crippen MR) is 68.3 cm³/mol. The number of para-hydroxylation sites is 1. The van der Waals surface area contributed by atoms with E-state index >= 15 is 0 Å². The van der Waals surface area contributed by atoms with Gasteiger partial charge in [0, 0.05) is 18.2 Å². The highest BCUT2D eigenvalue weighted by atomic mass is 16.6. The van der Waals surface area contributed by atoms with Crippen LogP contribution in [0.5, 0.6) is 5.75 Å². The van der Waals surface area contributed by atoms with E-state index in [0.717, 1.165) is 19.4 Å². The van der Waals surface area contributed by atoms with Crippen LogP contribution < -0.4 is 0 Å². The third-order valence-electron chi connectivity index (χ3n) is 3.38. The number of hydrogen-bond acceptors (Lipinski definition) is 3. The largest absolute Gasteiger partial charge is 0.508 e. The molecule has 1 atom stereocenters. The molecule has 1 N–H and O–H groups in total. The minimum absolute atomic E-state index is 0.120. The molecule has 1 aliphatic rings. The Balaban J connectivity index is 1.90. The van der Waals surface area contributed by atoms with E-state index in [0.29, 0.717) is 5.56 Å². The summed E-state index contributed by atoms with van der Waals surface area (Å²) in [7, 11) is 0. The molecule has 1 aromatic rings. The van der Waals surface area contributed by atoms with E-state index in [-0.39, 0.29) is 24.5 Å². The fraction of sp³-hybridized carbons (Fsp3) is 0.500. The molecule has 98 valence electrons. The number of hydrogen-bond donors (Lipinski definition) is 1. The van der Waals surface area contributed by atoms with Gasteiger partial charge >= 0.3 is 6.09 Å². The summed E-state index contributed by atoms with van der Waals surface area (Å²) < 4.78 is 5.25. The van der Waals surface area contributed by atoms with Gasteiger partial charge in [0.2, 0.25) is 0 Å². The zero-order chi connectivity index (χ0) is 13.0. The van der Waals surface area contributed by atoms with Crippen molar-refractivity contribution in [3.63, 3.8) is 0 Å². The molecule has 1 amide bonds. The highest BCUT2D eigenvalue weighted by Gasteiger charge is 2.24. The fourth-order valence-electron chi connectivity index (χ4n) is 2.22. The van der Waals surface area contributed by atoms with Gasteiger partial charge in [-0.15, -0.1) is 0 Å². The average molecular weight is 249 g/mol. The SMILES string of the molecule is CC1CCCCN1C(=O)OCc1ccccc1O. The van der Waals surface area contributed by atoms with Crippen molar-refractivity contribution in [2.45, 2.75) is 38.8 Å². The number of aromatic hydroxyl groups is 1. The minimum atomic E-state index is -0.287. The van der Waals surface area contributed by atoms with Crippen LogP contribution in [0.2, 0.25) is 0 Å². The van der Waals surface area contributed by atoms with Crippen molar-refractivity contribution in [3.8, 4) is 5.75 Å². The number of ether oxygens (including phenoxy) is 1. The van der Waals surface area contributed by atoms with Gasteiger partial charge in [-0.1, -0.05) is 18.2 Å². The second-order valence-corrected chi connectivity index (χ2v) is 4.72. The third kappa shape index (κ3) is 2.94. The highest BCUT2D eigenvalue weighted by molar-refractivity contribution is 5.68. The van der Waals surface area contributed by atoms with Crippen molar-refractivity contribution in [2.75, 3.05) is 6.54 Å². The van der Waals surface area contributed by atoms with Crippen molar-refractivity contribution < 1.29 is 14.6 Å². The van der Waals surface area contributed by atoms with Crippen molar-refractivity contribution in [3.05, 3.63) is 29.8 Å². The first-order chi connectivity index (χ1) is 8.68. The lowest BCUT2D eigenvalue weighted by molar-refractivity contribution is 0.0717. The predicted octanol–water partition coefficient (Wildman–Crippen LogP) is 2.90. The van der Waals surface area contributed by atoms with Crippen LogP contribution >= 0.6 is 0 Å². The molecule has 0 saturated carbocycles. The van der Waals surface area contributed by atoms with Crippen molar-refractivity contribution in [1.82, 2.24) is 4.90 Å². The van der Waals surface area contributed by atoms with Crippen molar-refractivity contribution in [2.24, 2.45) is 0 Å². The molecule has 0 radical (unpaired) electrons. The lowest BCUT2D eigenvalue weighted by Gasteiger charge is -2.32. The van der Waals surface area contributed by atoms with Gasteiger partial charge in [0.25, 0.3) is 0 Å². The van der Waals surface area contributed by atoms with Gasteiger partial charge in [-0.3, -0.25) is 0 Å². The smallest absolute Gasteiger partial charge is 0.410 e. The molecule has 1 fully saturated rings. The lowest BCUT2D eigenvalue weighted by Crippen LogP contribution is -2.42. The molecule has 0 bridgehead atoms. The van der Waals surface area contributed by atoms with Gasteiger partial charge in [-0.05, 0) is 32.3 Å². The fourth-order valence-corrected chi connectivity index (χ4v) is 2.22. The number of phenols is 1. The molecule has 0 aliphatic carbocycles. The molecule has 1 aromatic carbocycles. The standard InChI is InChI=1S/C14H19NO3/c1-11-6-4-5-9-15(11)14(17)18-10-12-7-2-3-8-13(12)16/h2-3,7-8,11,16H,4-6,9-10H2,1H3. The number of piperidine rings is 1. The van der Waals surface area contributed by atoms with Crippen LogP contribution in [0.25, 0.3) is 0 Å². The second kappa shape index (κ2) is 5.76. The first-order valence-corrected chi connectivity index (χ1v) is 6.39. The zero-order valence-electron chi connectivity index (χ0n) is 10.6. The molecular formula is C14H19NO3. The normalized spacial score (nSPS) is 19.6. The van der Waals surface area contributed by atoms with E-state index < -0.39 is 0 Å². The van der Waals surface area contributed by atoms with E-state index in [4.69, 9.17) is 4.74 Å². The van der Waals surface area contributed by atoms with E-state index in [1.807, 2.05) is 13.0 Å². The highest BCUT2D eigenvalue weighted by Crippen LogP contribution is 2.20. The maximum Gasteiger partial charge on any atom is 0.410 e. The Morgan fingerprint density at radius 3 is 2.94 bits per heavy atom. The van der Waals surface area contributed by atoms with Gasteiger partial charge in [0.05, 0.1) is 0 Å². The Hall–Kier alpha value is -1.71. The van der Waals surface area contributed by atoms with Gasteiger partial charge in [-0.2, -0.15) is 0 Å². The third-order valence-corrected chi connectivity index (χ3v) is 3.38. The first-order valence-electron chi connectivity index (χ1n) is 6.39. The summed E-state index contributed by atoms with van der Waals surface area (Å²) in [5.74, 6) is 0.164. The molecule has 1 unspecified atom stereocenters. The number of rotatable bonds is 2. The quantitative estimate of drug-likeness (QED) is 0.876. The van der Waals surface area contributed by atoms with E-state index in [1.165, 1.54) is 6.42 Å². The average Bonchev–Trinajstić information content (AvgIpc) is 2.38. The monoisotopic (exact) mass is 249 g/mol. The number of amides is 1. The number of nitrogens with zero attached hydrogens (tertiary/aromatic N) is 1. The van der Waals surface area contributed by atoms with E-state index in [2.05, 4.69) is 0 Å². The van der Waals surface area contributed by atoms with E-state index in [9.17, 15) is 9.90 Å². The number of benzene rings is 1. The summed E-state index contributed by atoms with van der Waals surface area (Å²) in [5, 5.41) is 9.58. The van der Waals surface area contributed by atoms with Crippen LogP contribution in [-0.2, 0) is 11.3 Å². The molecule has 1 aliphatic heterocycles. The molecule has 0 aromatic heterocycles. The minimum Gasteiger partial charge on any atom is -0.508 e. The van der Waals surface area contributed by atoms with Gasteiger partial charge < -0.3 is 14.7 Å². The number of carbonyl (C=O) groups excluding carboxylic acids is 1. The maximum atomic E-state index is 11.9. The summed E-state index contributed by atoms with van der Waals surface area (Å²) in [4.78, 5) is 13.7. The topological polar surface area (TPSA) is 49.8 Å². The lowest BCUT2D eigenvalue weighted by atomic mass is 10.0. The Bertz CT molecular complexity index is 419. The van der Waals surface area contributed by atoms with Crippen LogP contribution in [0.1, 0.15) is 31.7 Å². The first kappa shape index (κ1) is 12.7. The summed E-state index contributed by atoms with van der Waals surface area (Å²) >= 11 is 0. The maximum absolute atomic E-state index is 11.9. The Kier molecular flexibility index (Phi) is 4.07. The Morgan fingerprint density at radius 1 is 1.44 bits per heavy atom. The molecule has 4 nitrogen and oxygen atoms in total. The number of likely N-dealkylation sites (tertiary alicyclic amines) is 1. The summed E-state index contributed by atoms with van der Waals surface area (Å²) in [6.07, 6.45) is 2.96. The van der Waals surface area contributed by atoms with Crippen molar-refractivity contribution in [1.29, 1.82) is 0 Å². The van der Waals surface area contributed by atoms with Crippen molar-refractivity contribution >= 4 is 6.09 Å². The Morgan fingerprint density at radius 2 is 2.22 bits per heavy atom. The molecule has 18 heavy (non-hydrogen) atoms. The summed E-state index contributed by atoms with van der Waals surface area (Å²) in [6.45, 7) is 2.93. The van der Waals surface area contributed by atoms with Crippen LogP contribution in [0.3, 0.4) is 0 Å². The molecule has 2 rings (SSSR count). The number of carbonyl (C=O) groups is 1. The van der Waals surface area contributed by atoms with E-state index in [1.54, 1.807) is 23.1 Å². The molecule has 1 heterocycles. The molecule has 1 saturated heterocycles. The van der Waals surface area contributed by atoms with Gasteiger partial charge in [0.15, 0.2) is 0 Å². The summed E-state index contributed by atoms with van der Waals surface area (Å²) in [5.41, 5.74) is 0.635. The van der Waals surface area contributed by atoms with Crippen LogP contribution in [0.4, 0.5) is 4.79 Å². The Labute approximate surface area is 107 Å². The van der Waals surface area contributed by atoms with Crippen LogP contribution in [-0.4, -0.2) is 28.7 Å². The number of phenolic OH excluding ortho intramolecular Hbond substituents is 1. The molecular weight excluding hydrogens is 230 g/mol.